The van der Waals surface area contributed by atoms with Crippen molar-refractivity contribution in [2.75, 3.05) is 6.79 Å². The molecule has 2 aromatic carbocycles. The molecule has 5 rings (SSSR count). The van der Waals surface area contributed by atoms with Crippen LogP contribution in [0.25, 0.3) is 22.2 Å². The zero-order valence-electron chi connectivity index (χ0n) is 12.4. The van der Waals surface area contributed by atoms with E-state index >= 15 is 0 Å². The number of benzene rings is 2. The summed E-state index contributed by atoms with van der Waals surface area (Å²) in [4.78, 5) is 4.98. The number of halogens is 1. The van der Waals surface area contributed by atoms with E-state index in [2.05, 4.69) is 40.2 Å². The van der Waals surface area contributed by atoms with Gasteiger partial charge < -0.3 is 9.47 Å². The van der Waals surface area contributed by atoms with Crippen LogP contribution in [0.15, 0.2) is 40.9 Å². The molecule has 1 aliphatic heterocycles. The molecule has 0 N–H and O–H groups in total. The zero-order valence-corrected chi connectivity index (χ0v) is 14.0. The largest absolute Gasteiger partial charge is 0.454 e. The number of aryl methyl sites for hydroxylation is 1. The molecule has 0 amide bonds. The maximum atomic E-state index is 5.55. The first-order valence-electron chi connectivity index (χ1n) is 7.81. The van der Waals surface area contributed by atoms with Gasteiger partial charge in [-0.05, 0) is 64.5 Å². The second-order valence-corrected chi connectivity index (χ2v) is 6.83. The molecule has 2 aliphatic rings. The molecule has 23 heavy (non-hydrogen) atoms. The van der Waals surface area contributed by atoms with Gasteiger partial charge in [0.2, 0.25) is 6.79 Å². The number of nitrogens with zero attached hydrogens (tertiary/aromatic N) is 1. The van der Waals surface area contributed by atoms with Crippen LogP contribution in [0, 0.1) is 0 Å². The minimum Gasteiger partial charge on any atom is -0.454 e. The van der Waals surface area contributed by atoms with E-state index in [1.807, 2.05) is 12.1 Å². The summed E-state index contributed by atoms with van der Waals surface area (Å²) in [5.74, 6) is 1.59. The lowest BCUT2D eigenvalue weighted by Crippen LogP contribution is -1.96. The molecular weight excluding hydrogens is 354 g/mol. The van der Waals surface area contributed by atoms with Gasteiger partial charge >= 0.3 is 0 Å². The number of rotatable bonds is 1. The van der Waals surface area contributed by atoms with Crippen LogP contribution in [0.1, 0.15) is 17.5 Å². The molecule has 0 unspecified atom stereocenters. The van der Waals surface area contributed by atoms with Gasteiger partial charge in [-0.3, -0.25) is 0 Å². The van der Waals surface area contributed by atoms with E-state index in [0.29, 0.717) is 0 Å². The normalized spacial score (nSPS) is 15.2. The minimum absolute atomic E-state index is 0.286. The molecule has 3 aromatic rings. The van der Waals surface area contributed by atoms with Crippen molar-refractivity contribution < 1.29 is 9.47 Å². The summed E-state index contributed by atoms with van der Waals surface area (Å²) in [6, 6.07) is 12.5. The Kier molecular flexibility index (Phi) is 2.89. The van der Waals surface area contributed by atoms with E-state index in [1.165, 1.54) is 22.9 Å². The molecule has 4 heteroatoms. The monoisotopic (exact) mass is 367 g/mol. The number of hydrogen-bond acceptors (Lipinski definition) is 3. The van der Waals surface area contributed by atoms with E-state index in [1.54, 1.807) is 0 Å². The average Bonchev–Trinajstić information content (AvgIpc) is 3.22. The lowest BCUT2D eigenvalue weighted by atomic mass is 9.98. The Balaban J connectivity index is 1.81. The number of pyridine rings is 1. The van der Waals surface area contributed by atoms with Gasteiger partial charge in [-0.2, -0.15) is 0 Å². The van der Waals surface area contributed by atoms with Crippen molar-refractivity contribution in [1.82, 2.24) is 4.98 Å². The van der Waals surface area contributed by atoms with Gasteiger partial charge in [0.25, 0.3) is 0 Å². The van der Waals surface area contributed by atoms with E-state index < -0.39 is 0 Å². The first-order chi connectivity index (χ1) is 11.3. The van der Waals surface area contributed by atoms with Crippen molar-refractivity contribution in [3.8, 4) is 22.8 Å². The standard InChI is InChI=1S/C19H14BrNO2/c20-15-9-18-17(22-10-23-18)8-14(15)19-13-6-3-5-11(13)12-4-1-2-7-16(12)21-19/h1-2,4,7-9H,3,5-6,10H2. The van der Waals surface area contributed by atoms with E-state index in [9.17, 15) is 0 Å². The first kappa shape index (κ1) is 13.4. The van der Waals surface area contributed by atoms with Crippen LogP contribution < -0.4 is 9.47 Å². The lowest BCUT2D eigenvalue weighted by Gasteiger charge is -2.13. The molecule has 3 nitrogen and oxygen atoms in total. The Morgan fingerprint density at radius 2 is 1.74 bits per heavy atom. The second kappa shape index (κ2) is 4.96. The van der Waals surface area contributed by atoms with E-state index in [0.717, 1.165) is 45.6 Å². The van der Waals surface area contributed by atoms with Crippen LogP contribution in [-0.2, 0) is 12.8 Å². The van der Waals surface area contributed by atoms with E-state index in [4.69, 9.17) is 14.5 Å². The fraction of sp³-hybridized carbons (Fsp3) is 0.211. The number of para-hydroxylation sites is 1. The Bertz CT molecular complexity index is 952. The third-order valence-corrected chi connectivity index (χ3v) is 5.34. The van der Waals surface area contributed by atoms with Crippen LogP contribution in [0.2, 0.25) is 0 Å². The highest BCUT2D eigenvalue weighted by molar-refractivity contribution is 9.10. The third-order valence-electron chi connectivity index (χ3n) is 4.68. The Labute approximate surface area is 142 Å². The van der Waals surface area contributed by atoms with E-state index in [-0.39, 0.29) is 6.79 Å². The Hall–Kier alpha value is -2.07. The lowest BCUT2D eigenvalue weighted by molar-refractivity contribution is 0.174. The maximum absolute atomic E-state index is 5.55. The highest BCUT2D eigenvalue weighted by Crippen LogP contribution is 2.44. The quantitative estimate of drug-likeness (QED) is 0.613. The molecular formula is C19H14BrNO2. The zero-order chi connectivity index (χ0) is 15.4. The van der Waals surface area contributed by atoms with Crippen LogP contribution in [0.4, 0.5) is 0 Å². The number of ether oxygens (including phenoxy) is 2. The topological polar surface area (TPSA) is 31.4 Å². The molecule has 1 aromatic heterocycles. The highest BCUT2D eigenvalue weighted by Gasteiger charge is 2.24. The smallest absolute Gasteiger partial charge is 0.231 e. The van der Waals surface area contributed by atoms with Gasteiger partial charge in [0, 0.05) is 15.4 Å². The number of hydrogen-bond donors (Lipinski definition) is 0. The van der Waals surface area contributed by atoms with Crippen molar-refractivity contribution >= 4 is 26.8 Å². The molecule has 2 heterocycles. The molecule has 114 valence electrons. The van der Waals surface area contributed by atoms with Crippen molar-refractivity contribution in [3.63, 3.8) is 0 Å². The molecule has 1 aliphatic carbocycles. The van der Waals surface area contributed by atoms with Crippen LogP contribution >= 0.6 is 15.9 Å². The summed E-state index contributed by atoms with van der Waals surface area (Å²) >= 11 is 3.68. The van der Waals surface area contributed by atoms with Crippen LogP contribution in [0.3, 0.4) is 0 Å². The van der Waals surface area contributed by atoms with Crippen molar-refractivity contribution in [2.45, 2.75) is 19.3 Å². The fourth-order valence-electron chi connectivity index (χ4n) is 3.64. The number of aromatic nitrogens is 1. The summed E-state index contributed by atoms with van der Waals surface area (Å²) in [5.41, 5.74) is 6.05. The first-order valence-corrected chi connectivity index (χ1v) is 8.60. The summed E-state index contributed by atoms with van der Waals surface area (Å²) in [6.07, 6.45) is 3.41. The van der Waals surface area contributed by atoms with Gasteiger partial charge in [0.1, 0.15) is 0 Å². The van der Waals surface area contributed by atoms with Crippen LogP contribution in [0.5, 0.6) is 11.5 Å². The van der Waals surface area contributed by atoms with Crippen molar-refractivity contribution in [2.24, 2.45) is 0 Å². The number of fused-ring (bicyclic) bond motifs is 4. The van der Waals surface area contributed by atoms with Gasteiger partial charge in [-0.1, -0.05) is 18.2 Å². The van der Waals surface area contributed by atoms with Gasteiger partial charge in [-0.25, -0.2) is 4.98 Å². The highest BCUT2D eigenvalue weighted by atomic mass is 79.9. The summed E-state index contributed by atoms with van der Waals surface area (Å²) in [5, 5.41) is 1.29. The van der Waals surface area contributed by atoms with Gasteiger partial charge in [-0.15, -0.1) is 0 Å². The molecule has 0 fully saturated rings. The molecule has 0 spiro atoms. The average molecular weight is 368 g/mol. The second-order valence-electron chi connectivity index (χ2n) is 5.97. The Morgan fingerprint density at radius 3 is 2.65 bits per heavy atom. The molecule has 0 saturated carbocycles. The predicted octanol–water partition coefficient (Wildman–Crippen LogP) is 4.88. The predicted molar refractivity (Wildman–Crippen MR) is 93.0 cm³/mol. The summed E-state index contributed by atoms with van der Waals surface area (Å²) in [6.45, 7) is 0.286. The third kappa shape index (κ3) is 1.98. The minimum atomic E-state index is 0.286. The SMILES string of the molecule is Brc1cc2c(cc1-c1nc3ccccc3c3c1CCC3)OCO2. The van der Waals surface area contributed by atoms with Gasteiger partial charge in [0.15, 0.2) is 11.5 Å². The maximum Gasteiger partial charge on any atom is 0.231 e. The van der Waals surface area contributed by atoms with Gasteiger partial charge in [0.05, 0.1) is 11.2 Å². The molecule has 0 atom stereocenters. The molecule has 0 saturated heterocycles. The summed E-state index contributed by atoms with van der Waals surface area (Å²) in [7, 11) is 0. The molecule has 0 bridgehead atoms. The Morgan fingerprint density at radius 1 is 0.957 bits per heavy atom. The fourth-order valence-corrected chi connectivity index (χ4v) is 4.15. The molecule has 0 radical (unpaired) electrons. The van der Waals surface area contributed by atoms with Crippen LogP contribution in [-0.4, -0.2) is 11.8 Å². The van der Waals surface area contributed by atoms with Crippen molar-refractivity contribution in [3.05, 3.63) is 52.0 Å². The summed E-state index contributed by atoms with van der Waals surface area (Å²) < 4.78 is 12.0. The van der Waals surface area contributed by atoms with Crippen molar-refractivity contribution in [1.29, 1.82) is 0 Å².